The number of likely N-dealkylation sites (tertiary alicyclic amines) is 1. The van der Waals surface area contributed by atoms with Crippen LogP contribution in [0.25, 0.3) is 0 Å². The number of anilines is 1. The third kappa shape index (κ3) is 4.24. The molecule has 2 saturated carbocycles. The molecular formula is C25H35FN4O2. The summed E-state index contributed by atoms with van der Waals surface area (Å²) in [6, 6.07) is 3.77. The first-order valence-electron chi connectivity index (χ1n) is 12.3. The second kappa shape index (κ2) is 8.65. The standard InChI is InChI=1S/C25H35FN4O2/c1-15-6-9-21(26)20-13-22(28-23(15)20)24(31)27-17-4-3-5-18(12-17)30-11-10-19(14-30)29(2)25(32)16-7-8-16/h6,9,16-19,22,28H,3-5,7-8,10-14H2,1-2H3,(H,27,31)/t17-,18?,19?,22?/m1/s1. The average Bonchev–Trinajstić information content (AvgIpc) is 3.33. The fourth-order valence-corrected chi connectivity index (χ4v) is 5.87. The minimum atomic E-state index is -0.403. The normalized spacial score (nSPS) is 30.0. The molecule has 2 aliphatic heterocycles. The van der Waals surface area contributed by atoms with Crippen molar-refractivity contribution in [2.45, 2.75) is 82.5 Å². The number of carbonyl (C=O) groups is 2. The van der Waals surface area contributed by atoms with Gasteiger partial charge in [0.25, 0.3) is 0 Å². The molecule has 5 rings (SSSR count). The SMILES string of the molecule is Cc1ccc(F)c2c1NC(C(=O)N[C@@H]1CCCC(N3CCC(N(C)C(=O)C4CC4)C3)C1)C2. The minimum Gasteiger partial charge on any atom is -0.373 e. The van der Waals surface area contributed by atoms with Gasteiger partial charge < -0.3 is 15.5 Å². The van der Waals surface area contributed by atoms with Crippen LogP contribution in [0.1, 0.15) is 56.1 Å². The van der Waals surface area contributed by atoms with Crippen molar-refractivity contribution in [2.75, 3.05) is 25.5 Å². The monoisotopic (exact) mass is 442 g/mol. The predicted molar refractivity (Wildman–Crippen MR) is 122 cm³/mol. The highest BCUT2D eigenvalue weighted by molar-refractivity contribution is 5.88. The number of nitrogens with one attached hydrogen (secondary N) is 2. The van der Waals surface area contributed by atoms with Gasteiger partial charge in [0.2, 0.25) is 11.8 Å². The molecule has 6 nitrogen and oxygen atoms in total. The molecule has 1 aromatic rings. The molecule has 1 saturated heterocycles. The Balaban J connectivity index is 1.14. The summed E-state index contributed by atoms with van der Waals surface area (Å²) in [5.41, 5.74) is 2.38. The van der Waals surface area contributed by atoms with Crippen LogP contribution in [0.15, 0.2) is 12.1 Å². The fourth-order valence-electron chi connectivity index (χ4n) is 5.87. The van der Waals surface area contributed by atoms with Crippen LogP contribution in [0, 0.1) is 18.7 Å². The Morgan fingerprint density at radius 2 is 2.00 bits per heavy atom. The Labute approximate surface area is 189 Å². The van der Waals surface area contributed by atoms with Gasteiger partial charge in [0.05, 0.1) is 0 Å². The summed E-state index contributed by atoms with van der Waals surface area (Å²) in [5, 5.41) is 6.49. The first-order valence-corrected chi connectivity index (χ1v) is 12.3. The molecule has 2 aliphatic carbocycles. The number of likely N-dealkylation sites (N-methyl/N-ethyl adjacent to an activating group) is 1. The van der Waals surface area contributed by atoms with E-state index in [0.29, 0.717) is 30.0 Å². The highest BCUT2D eigenvalue weighted by Crippen LogP contribution is 2.34. The summed E-state index contributed by atoms with van der Waals surface area (Å²) in [7, 11) is 1.97. The largest absolute Gasteiger partial charge is 0.373 e. The Hall–Kier alpha value is -2.15. The van der Waals surface area contributed by atoms with Crippen LogP contribution in [0.4, 0.5) is 10.1 Å². The highest BCUT2D eigenvalue weighted by atomic mass is 19.1. The van der Waals surface area contributed by atoms with Crippen LogP contribution in [0.5, 0.6) is 0 Å². The zero-order valence-corrected chi connectivity index (χ0v) is 19.2. The summed E-state index contributed by atoms with van der Waals surface area (Å²) >= 11 is 0. The summed E-state index contributed by atoms with van der Waals surface area (Å²) in [6.07, 6.45) is 7.74. The summed E-state index contributed by atoms with van der Waals surface area (Å²) in [5.74, 6) is 0.331. The molecule has 2 N–H and O–H groups in total. The first-order chi connectivity index (χ1) is 15.4. The molecule has 7 heteroatoms. The number of hydrogen-bond acceptors (Lipinski definition) is 4. The van der Waals surface area contributed by atoms with Gasteiger partial charge in [-0.2, -0.15) is 0 Å². The number of halogens is 1. The number of amides is 2. The van der Waals surface area contributed by atoms with Gasteiger partial charge in [-0.25, -0.2) is 4.39 Å². The van der Waals surface area contributed by atoms with Crippen molar-refractivity contribution >= 4 is 17.5 Å². The number of nitrogens with zero attached hydrogens (tertiary/aromatic N) is 2. The first kappa shape index (κ1) is 21.7. The van der Waals surface area contributed by atoms with Crippen molar-refractivity contribution in [3.63, 3.8) is 0 Å². The molecule has 0 radical (unpaired) electrons. The van der Waals surface area contributed by atoms with Gasteiger partial charge in [-0.3, -0.25) is 14.5 Å². The molecule has 1 aromatic carbocycles. The van der Waals surface area contributed by atoms with Crippen LogP contribution in [0.2, 0.25) is 0 Å². The quantitative estimate of drug-likeness (QED) is 0.736. The lowest BCUT2D eigenvalue weighted by molar-refractivity contribution is -0.133. The molecule has 174 valence electrons. The maximum Gasteiger partial charge on any atom is 0.243 e. The number of rotatable bonds is 5. The van der Waals surface area contributed by atoms with Crippen molar-refractivity contribution in [1.82, 2.24) is 15.1 Å². The van der Waals surface area contributed by atoms with E-state index in [4.69, 9.17) is 0 Å². The molecule has 0 bridgehead atoms. The van der Waals surface area contributed by atoms with Crippen molar-refractivity contribution in [2.24, 2.45) is 5.92 Å². The van der Waals surface area contributed by atoms with E-state index >= 15 is 0 Å². The lowest BCUT2D eigenvalue weighted by atomic mass is 9.89. The summed E-state index contributed by atoms with van der Waals surface area (Å²) in [4.78, 5) is 29.9. The number of carbonyl (C=O) groups excluding carboxylic acids is 2. The zero-order valence-electron chi connectivity index (χ0n) is 19.2. The lowest BCUT2D eigenvalue weighted by Crippen LogP contribution is -2.49. The molecule has 4 aliphatic rings. The molecular weight excluding hydrogens is 407 g/mol. The van der Waals surface area contributed by atoms with Crippen molar-refractivity contribution in [3.05, 3.63) is 29.1 Å². The van der Waals surface area contributed by atoms with E-state index in [2.05, 4.69) is 15.5 Å². The van der Waals surface area contributed by atoms with E-state index in [1.165, 1.54) is 6.07 Å². The molecule has 0 aromatic heterocycles. The molecule has 0 spiro atoms. The Morgan fingerprint density at radius 3 is 2.75 bits per heavy atom. The molecule has 2 heterocycles. The third-order valence-corrected chi connectivity index (χ3v) is 8.03. The van der Waals surface area contributed by atoms with E-state index in [1.54, 1.807) is 6.07 Å². The van der Waals surface area contributed by atoms with Crippen LogP contribution >= 0.6 is 0 Å². The topological polar surface area (TPSA) is 64.7 Å². The second-order valence-corrected chi connectivity index (χ2v) is 10.3. The van der Waals surface area contributed by atoms with Crippen molar-refractivity contribution < 1.29 is 14.0 Å². The van der Waals surface area contributed by atoms with Gasteiger partial charge in [0, 0.05) is 61.9 Å². The number of benzene rings is 1. The van der Waals surface area contributed by atoms with Gasteiger partial charge in [0.1, 0.15) is 11.9 Å². The molecule has 3 fully saturated rings. The molecule has 32 heavy (non-hydrogen) atoms. The fraction of sp³-hybridized carbons (Fsp3) is 0.680. The van der Waals surface area contributed by atoms with Crippen LogP contribution < -0.4 is 10.6 Å². The van der Waals surface area contributed by atoms with E-state index < -0.39 is 6.04 Å². The van der Waals surface area contributed by atoms with Crippen LogP contribution in [-0.4, -0.2) is 65.9 Å². The van der Waals surface area contributed by atoms with Gasteiger partial charge in [-0.05, 0) is 63.5 Å². The zero-order chi connectivity index (χ0) is 22.4. The van der Waals surface area contributed by atoms with Gasteiger partial charge in [-0.1, -0.05) is 6.07 Å². The number of hydrogen-bond donors (Lipinski definition) is 2. The summed E-state index contributed by atoms with van der Waals surface area (Å²) < 4.78 is 14.2. The number of aryl methyl sites for hydroxylation is 1. The van der Waals surface area contributed by atoms with E-state index in [0.717, 1.165) is 69.3 Å². The maximum atomic E-state index is 14.2. The Morgan fingerprint density at radius 1 is 1.19 bits per heavy atom. The average molecular weight is 443 g/mol. The summed E-state index contributed by atoms with van der Waals surface area (Å²) in [6.45, 7) is 3.91. The Bertz CT molecular complexity index is 871. The maximum absolute atomic E-state index is 14.2. The van der Waals surface area contributed by atoms with Crippen molar-refractivity contribution in [1.29, 1.82) is 0 Å². The van der Waals surface area contributed by atoms with Crippen LogP contribution in [-0.2, 0) is 16.0 Å². The second-order valence-electron chi connectivity index (χ2n) is 10.3. The van der Waals surface area contributed by atoms with E-state index in [1.807, 2.05) is 18.9 Å². The molecule has 3 unspecified atom stereocenters. The van der Waals surface area contributed by atoms with Crippen LogP contribution in [0.3, 0.4) is 0 Å². The number of fused-ring (bicyclic) bond motifs is 1. The smallest absolute Gasteiger partial charge is 0.243 e. The van der Waals surface area contributed by atoms with E-state index in [-0.39, 0.29) is 23.7 Å². The molecule has 4 atom stereocenters. The lowest BCUT2D eigenvalue weighted by Gasteiger charge is -2.36. The van der Waals surface area contributed by atoms with Gasteiger partial charge >= 0.3 is 0 Å². The Kier molecular flexibility index (Phi) is 5.86. The third-order valence-electron chi connectivity index (χ3n) is 8.03. The van der Waals surface area contributed by atoms with E-state index in [9.17, 15) is 14.0 Å². The predicted octanol–water partition coefficient (Wildman–Crippen LogP) is 2.84. The van der Waals surface area contributed by atoms with Crippen molar-refractivity contribution in [3.8, 4) is 0 Å². The highest BCUT2D eigenvalue weighted by Gasteiger charge is 2.39. The van der Waals surface area contributed by atoms with Gasteiger partial charge in [-0.15, -0.1) is 0 Å². The molecule has 2 amide bonds. The van der Waals surface area contributed by atoms with Gasteiger partial charge in [0.15, 0.2) is 0 Å². The minimum absolute atomic E-state index is 0.0280.